The highest BCUT2D eigenvalue weighted by molar-refractivity contribution is 5.75. The van der Waals surface area contributed by atoms with Gasteiger partial charge in [0.25, 0.3) is 0 Å². The Bertz CT molecular complexity index is 1290. The number of aryl methyl sites for hydroxylation is 1. The fourth-order valence-corrected chi connectivity index (χ4v) is 5.28. The van der Waals surface area contributed by atoms with E-state index in [9.17, 15) is 18.8 Å². The first-order chi connectivity index (χ1) is 17.9. The minimum Gasteiger partial charge on any atom is -0.339 e. The lowest BCUT2D eigenvalue weighted by Crippen LogP contribution is -2.51. The number of carbonyl (C=O) groups is 1. The molecule has 3 aromatic rings. The number of nitrogens with zero attached hydrogens (tertiary/aromatic N) is 5. The molecule has 0 bridgehead atoms. The van der Waals surface area contributed by atoms with E-state index in [4.69, 9.17) is 4.52 Å². The zero-order valence-corrected chi connectivity index (χ0v) is 20.7. The van der Waals surface area contributed by atoms with Gasteiger partial charge >= 0.3 is 6.03 Å². The molecule has 2 aromatic carbocycles. The summed E-state index contributed by atoms with van der Waals surface area (Å²) in [5.74, 6) is -1.16. The largest absolute Gasteiger partial charge is 0.339 e. The summed E-state index contributed by atoms with van der Waals surface area (Å²) in [7, 11) is 0. The summed E-state index contributed by atoms with van der Waals surface area (Å²) in [4.78, 5) is 21.6. The summed E-state index contributed by atoms with van der Waals surface area (Å²) in [5.41, 5.74) is 2.30. The molecule has 37 heavy (non-hydrogen) atoms. The number of amides is 2. The van der Waals surface area contributed by atoms with E-state index in [0.29, 0.717) is 51.3 Å². The molecule has 0 spiro atoms. The average molecular weight is 506 g/mol. The van der Waals surface area contributed by atoms with Crippen LogP contribution in [-0.2, 0) is 6.42 Å². The Morgan fingerprint density at radius 2 is 1.81 bits per heavy atom. The summed E-state index contributed by atoms with van der Waals surface area (Å²) in [6.07, 6.45) is 2.97. The Hall–Kier alpha value is -3.80. The summed E-state index contributed by atoms with van der Waals surface area (Å²) < 4.78 is 33.6. The van der Waals surface area contributed by atoms with Crippen LogP contribution in [0.25, 0.3) is 11.4 Å². The second-order valence-electron chi connectivity index (χ2n) is 9.88. The van der Waals surface area contributed by atoms with E-state index in [0.717, 1.165) is 30.2 Å². The van der Waals surface area contributed by atoms with E-state index in [1.54, 1.807) is 0 Å². The van der Waals surface area contributed by atoms with E-state index in [1.165, 1.54) is 5.56 Å². The van der Waals surface area contributed by atoms with Gasteiger partial charge in [0.15, 0.2) is 0 Å². The van der Waals surface area contributed by atoms with Crippen molar-refractivity contribution in [1.29, 1.82) is 5.26 Å². The lowest BCUT2D eigenvalue weighted by molar-refractivity contribution is 0.116. The van der Waals surface area contributed by atoms with Crippen LogP contribution in [-0.4, -0.2) is 52.2 Å². The Morgan fingerprint density at radius 3 is 2.51 bits per heavy atom. The molecule has 1 aromatic heterocycles. The fourth-order valence-electron chi connectivity index (χ4n) is 5.28. The highest BCUT2D eigenvalue weighted by atomic mass is 19.1. The maximum absolute atomic E-state index is 14.3. The summed E-state index contributed by atoms with van der Waals surface area (Å²) >= 11 is 0. The molecule has 2 aliphatic rings. The van der Waals surface area contributed by atoms with Crippen LogP contribution in [0.5, 0.6) is 0 Å². The van der Waals surface area contributed by atoms with Crippen molar-refractivity contribution in [2.75, 3.05) is 26.2 Å². The molecule has 0 aliphatic carbocycles. The van der Waals surface area contributed by atoms with E-state index >= 15 is 0 Å². The molecule has 5 rings (SSSR count). The van der Waals surface area contributed by atoms with Crippen LogP contribution in [0, 0.1) is 28.9 Å². The molecule has 0 N–H and O–H groups in total. The third-order valence-corrected chi connectivity index (χ3v) is 7.49. The number of benzene rings is 2. The lowest BCUT2D eigenvalue weighted by atomic mass is 9.84. The third kappa shape index (κ3) is 5.33. The van der Waals surface area contributed by atoms with Crippen molar-refractivity contribution in [3.63, 3.8) is 0 Å². The van der Waals surface area contributed by atoms with Crippen molar-refractivity contribution >= 4 is 6.03 Å². The summed E-state index contributed by atoms with van der Waals surface area (Å²) in [6, 6.07) is 13.8. The number of rotatable bonds is 4. The number of urea groups is 1. The molecule has 2 fully saturated rings. The molecular weight excluding hydrogens is 476 g/mol. The highest BCUT2D eigenvalue weighted by Crippen LogP contribution is 2.37. The number of nitriles is 1. The Balaban J connectivity index is 1.41. The van der Waals surface area contributed by atoms with Gasteiger partial charge in [-0.1, -0.05) is 36.3 Å². The van der Waals surface area contributed by atoms with E-state index in [2.05, 4.69) is 47.4 Å². The van der Waals surface area contributed by atoms with Crippen LogP contribution in [0.4, 0.5) is 13.6 Å². The predicted octanol–water partition coefficient (Wildman–Crippen LogP) is 5.51. The standard InChI is InChI=1S/C28H29F2N5O2/c1-2-18-3-5-20(6-4-18)21-13-22(17-35(16-21)28(36)34-11-9-19(15-31)10-12-34)27-32-26(33-37-27)24-14-23(29)7-8-25(24)30/h3-8,14,19,21-22H,2,9-13,16-17H2,1H3. The molecule has 192 valence electrons. The van der Waals surface area contributed by atoms with Gasteiger partial charge in [-0.3, -0.25) is 0 Å². The minimum atomic E-state index is -0.635. The number of piperidine rings is 2. The molecule has 2 unspecified atom stereocenters. The number of likely N-dealkylation sites (tertiary alicyclic amines) is 2. The van der Waals surface area contributed by atoms with Gasteiger partial charge in [-0.2, -0.15) is 10.2 Å². The number of halogens is 2. The van der Waals surface area contributed by atoms with Crippen molar-refractivity contribution in [2.24, 2.45) is 5.92 Å². The molecule has 2 amide bonds. The van der Waals surface area contributed by atoms with Gasteiger partial charge in [0.05, 0.1) is 17.6 Å². The zero-order valence-electron chi connectivity index (χ0n) is 20.7. The molecule has 2 saturated heterocycles. The zero-order chi connectivity index (χ0) is 25.9. The number of carbonyl (C=O) groups excluding carboxylic acids is 1. The quantitative estimate of drug-likeness (QED) is 0.467. The van der Waals surface area contributed by atoms with E-state index < -0.39 is 11.6 Å². The maximum Gasteiger partial charge on any atom is 0.320 e. The highest BCUT2D eigenvalue weighted by Gasteiger charge is 2.37. The van der Waals surface area contributed by atoms with Crippen LogP contribution < -0.4 is 0 Å². The second-order valence-corrected chi connectivity index (χ2v) is 9.88. The van der Waals surface area contributed by atoms with Crippen LogP contribution in [0.2, 0.25) is 0 Å². The SMILES string of the molecule is CCc1ccc(C2CC(c3nc(-c4cc(F)ccc4F)no3)CN(C(=O)N3CCC(C#N)CC3)C2)cc1. The number of aromatic nitrogens is 2. The third-order valence-electron chi connectivity index (χ3n) is 7.49. The van der Waals surface area contributed by atoms with E-state index in [-0.39, 0.29) is 35.2 Å². The summed E-state index contributed by atoms with van der Waals surface area (Å²) in [5, 5.41) is 13.1. The molecule has 0 saturated carbocycles. The van der Waals surface area contributed by atoms with Gasteiger partial charge in [-0.25, -0.2) is 13.6 Å². The molecule has 9 heteroatoms. The molecular formula is C28H29F2N5O2. The van der Waals surface area contributed by atoms with Crippen LogP contribution in [0.3, 0.4) is 0 Å². The van der Waals surface area contributed by atoms with Crippen molar-refractivity contribution in [1.82, 2.24) is 19.9 Å². The van der Waals surface area contributed by atoms with Crippen LogP contribution >= 0.6 is 0 Å². The number of hydrogen-bond acceptors (Lipinski definition) is 5. The van der Waals surface area contributed by atoms with Crippen molar-refractivity contribution in [2.45, 2.75) is 44.4 Å². The second kappa shape index (κ2) is 10.7. The van der Waals surface area contributed by atoms with Crippen molar-refractivity contribution in [3.8, 4) is 17.5 Å². The van der Waals surface area contributed by atoms with Gasteiger partial charge in [-0.15, -0.1) is 0 Å². The maximum atomic E-state index is 14.3. The van der Waals surface area contributed by atoms with Gasteiger partial charge < -0.3 is 14.3 Å². The normalized spacial score (nSPS) is 20.6. The fraction of sp³-hybridized carbons (Fsp3) is 0.429. The predicted molar refractivity (Wildman–Crippen MR) is 132 cm³/mol. The van der Waals surface area contributed by atoms with Crippen LogP contribution in [0.15, 0.2) is 47.0 Å². The lowest BCUT2D eigenvalue weighted by Gasteiger charge is -2.40. The molecule has 2 atom stereocenters. The molecule has 7 nitrogen and oxygen atoms in total. The van der Waals surface area contributed by atoms with E-state index in [1.807, 2.05) is 9.80 Å². The Labute approximate surface area is 214 Å². The number of hydrogen-bond donors (Lipinski definition) is 0. The van der Waals surface area contributed by atoms with Crippen molar-refractivity contribution < 1.29 is 18.1 Å². The Morgan fingerprint density at radius 1 is 1.08 bits per heavy atom. The average Bonchev–Trinajstić information content (AvgIpc) is 3.44. The van der Waals surface area contributed by atoms with Gasteiger partial charge in [-0.05, 0) is 55.0 Å². The first kappa shape index (κ1) is 24.9. The van der Waals surface area contributed by atoms with Gasteiger partial charge in [0, 0.05) is 38.0 Å². The van der Waals surface area contributed by atoms with Crippen LogP contribution in [0.1, 0.15) is 55.0 Å². The molecule has 2 aliphatic heterocycles. The topological polar surface area (TPSA) is 86.3 Å². The van der Waals surface area contributed by atoms with Crippen molar-refractivity contribution in [3.05, 3.63) is 71.1 Å². The monoisotopic (exact) mass is 505 g/mol. The smallest absolute Gasteiger partial charge is 0.320 e. The van der Waals surface area contributed by atoms with Gasteiger partial charge in [0.2, 0.25) is 11.7 Å². The molecule has 3 heterocycles. The minimum absolute atomic E-state index is 0.0111. The summed E-state index contributed by atoms with van der Waals surface area (Å²) in [6.45, 7) is 4.15. The molecule has 0 radical (unpaired) electrons. The Kier molecular flexibility index (Phi) is 7.17. The first-order valence-electron chi connectivity index (χ1n) is 12.8. The first-order valence-corrected chi connectivity index (χ1v) is 12.8. The van der Waals surface area contributed by atoms with Gasteiger partial charge in [0.1, 0.15) is 11.6 Å².